The minimum absolute atomic E-state index is 0.0397. The molecule has 0 heterocycles. The van der Waals surface area contributed by atoms with Gasteiger partial charge in [0.1, 0.15) is 0 Å². The summed E-state index contributed by atoms with van der Waals surface area (Å²) in [6.07, 6.45) is 20.1. The SMILES string of the molecule is [C-]#[N+]CC(=O)NC(CC)C(C)CCCCCCCCCCCCCCC. The minimum atomic E-state index is -0.121. The van der Waals surface area contributed by atoms with Crippen LogP contribution in [0.5, 0.6) is 0 Å². The van der Waals surface area contributed by atoms with Crippen molar-refractivity contribution in [2.24, 2.45) is 5.92 Å². The number of carbonyl (C=O) groups is 1. The van der Waals surface area contributed by atoms with Crippen LogP contribution in [0.2, 0.25) is 0 Å². The van der Waals surface area contributed by atoms with Gasteiger partial charge in [0.15, 0.2) is 0 Å². The lowest BCUT2D eigenvalue weighted by atomic mass is 9.93. The molecule has 0 fully saturated rings. The lowest BCUT2D eigenvalue weighted by Gasteiger charge is -2.23. The van der Waals surface area contributed by atoms with Gasteiger partial charge in [0.2, 0.25) is 0 Å². The number of nitrogens with zero attached hydrogens (tertiary/aromatic N) is 1. The molecule has 1 amide bonds. The molecule has 0 saturated heterocycles. The first-order valence-corrected chi connectivity index (χ1v) is 11.3. The number of amides is 1. The summed E-state index contributed by atoms with van der Waals surface area (Å²) in [7, 11) is 0. The Kier molecular flexibility index (Phi) is 18.0. The van der Waals surface area contributed by atoms with Gasteiger partial charge in [0.25, 0.3) is 12.5 Å². The van der Waals surface area contributed by atoms with E-state index in [-0.39, 0.29) is 18.5 Å². The van der Waals surface area contributed by atoms with Crippen LogP contribution in [0.15, 0.2) is 0 Å². The third-order valence-electron chi connectivity index (χ3n) is 5.46. The lowest BCUT2D eigenvalue weighted by Crippen LogP contribution is -2.39. The normalized spacial score (nSPS) is 13.2. The molecule has 0 rings (SSSR count). The van der Waals surface area contributed by atoms with Crippen molar-refractivity contribution >= 4 is 5.91 Å². The maximum absolute atomic E-state index is 11.6. The van der Waals surface area contributed by atoms with E-state index in [0.717, 1.165) is 6.42 Å². The van der Waals surface area contributed by atoms with E-state index in [0.29, 0.717) is 5.92 Å². The van der Waals surface area contributed by atoms with Gasteiger partial charge < -0.3 is 10.2 Å². The zero-order valence-electron chi connectivity index (χ0n) is 17.8. The molecule has 0 radical (unpaired) electrons. The van der Waals surface area contributed by atoms with Crippen LogP contribution in [0, 0.1) is 12.5 Å². The molecule has 3 nitrogen and oxygen atoms in total. The van der Waals surface area contributed by atoms with Crippen molar-refractivity contribution < 1.29 is 4.79 Å². The van der Waals surface area contributed by atoms with Gasteiger partial charge in [-0.2, -0.15) is 0 Å². The van der Waals surface area contributed by atoms with Crippen molar-refractivity contribution in [1.82, 2.24) is 5.32 Å². The van der Waals surface area contributed by atoms with E-state index in [4.69, 9.17) is 6.57 Å². The van der Waals surface area contributed by atoms with E-state index in [1.807, 2.05) is 0 Å². The molecule has 1 N–H and O–H groups in total. The zero-order chi connectivity index (χ0) is 19.5. The smallest absolute Gasteiger partial charge is 0.300 e. The molecular weight excluding hydrogens is 320 g/mol. The summed E-state index contributed by atoms with van der Waals surface area (Å²) in [5, 5.41) is 3.01. The van der Waals surface area contributed by atoms with Crippen LogP contribution in [0.3, 0.4) is 0 Å². The maximum Gasteiger partial charge on any atom is 0.300 e. The summed E-state index contributed by atoms with van der Waals surface area (Å²) in [5.74, 6) is 0.381. The monoisotopic (exact) mass is 364 g/mol. The first-order valence-electron chi connectivity index (χ1n) is 11.3. The summed E-state index contributed by atoms with van der Waals surface area (Å²) in [5.41, 5.74) is 0. The molecule has 0 aliphatic heterocycles. The Morgan fingerprint density at radius 3 is 1.73 bits per heavy atom. The summed E-state index contributed by atoms with van der Waals surface area (Å²) < 4.78 is 0. The molecule has 0 aliphatic rings. The predicted molar refractivity (Wildman–Crippen MR) is 113 cm³/mol. The van der Waals surface area contributed by atoms with Crippen LogP contribution in [-0.4, -0.2) is 18.5 Å². The molecule has 0 aromatic heterocycles. The summed E-state index contributed by atoms with van der Waals surface area (Å²) in [6.45, 7) is 13.3. The van der Waals surface area contributed by atoms with Crippen LogP contribution in [0.1, 0.15) is 117 Å². The Morgan fingerprint density at radius 2 is 1.31 bits per heavy atom. The van der Waals surface area contributed by atoms with Crippen molar-refractivity contribution in [3.8, 4) is 0 Å². The van der Waals surface area contributed by atoms with Crippen molar-refractivity contribution in [3.63, 3.8) is 0 Å². The molecule has 3 heteroatoms. The van der Waals surface area contributed by atoms with Crippen LogP contribution < -0.4 is 5.32 Å². The van der Waals surface area contributed by atoms with Crippen molar-refractivity contribution in [3.05, 3.63) is 11.4 Å². The van der Waals surface area contributed by atoms with Gasteiger partial charge in [-0.3, -0.25) is 4.79 Å². The molecule has 0 aromatic rings. The van der Waals surface area contributed by atoms with Gasteiger partial charge in [0.05, 0.1) is 0 Å². The Balaban J connectivity index is 3.47. The quantitative estimate of drug-likeness (QED) is 0.208. The molecule has 26 heavy (non-hydrogen) atoms. The van der Waals surface area contributed by atoms with Crippen LogP contribution in [0.25, 0.3) is 4.85 Å². The average molecular weight is 365 g/mol. The second-order valence-electron chi connectivity index (χ2n) is 7.91. The lowest BCUT2D eigenvalue weighted by molar-refractivity contribution is -0.120. The number of hydrogen-bond donors (Lipinski definition) is 1. The fourth-order valence-electron chi connectivity index (χ4n) is 3.66. The highest BCUT2D eigenvalue weighted by Crippen LogP contribution is 2.17. The summed E-state index contributed by atoms with van der Waals surface area (Å²) in [4.78, 5) is 14.7. The van der Waals surface area contributed by atoms with Crippen LogP contribution in [-0.2, 0) is 4.79 Å². The predicted octanol–water partition coefficient (Wildman–Crippen LogP) is 6.92. The molecule has 0 bridgehead atoms. The molecule has 2 unspecified atom stereocenters. The Bertz CT molecular complexity index is 362. The first-order chi connectivity index (χ1) is 12.7. The summed E-state index contributed by atoms with van der Waals surface area (Å²) in [6, 6.07) is 0.224. The van der Waals surface area contributed by atoms with Gasteiger partial charge in [-0.05, 0) is 18.8 Å². The van der Waals surface area contributed by atoms with E-state index in [9.17, 15) is 4.79 Å². The third-order valence-corrected chi connectivity index (χ3v) is 5.46. The second kappa shape index (κ2) is 18.7. The second-order valence-corrected chi connectivity index (χ2v) is 7.91. The topological polar surface area (TPSA) is 33.5 Å². The molecular formula is C23H44N2O. The van der Waals surface area contributed by atoms with E-state index in [1.165, 1.54) is 89.9 Å². The molecule has 0 aromatic carbocycles. The third kappa shape index (κ3) is 15.2. The highest BCUT2D eigenvalue weighted by atomic mass is 16.1. The first kappa shape index (κ1) is 25.0. The highest BCUT2D eigenvalue weighted by Gasteiger charge is 2.18. The number of carbonyl (C=O) groups excluding carboxylic acids is 1. The Hall–Kier alpha value is -1.04. The number of nitrogens with one attached hydrogen (secondary N) is 1. The van der Waals surface area contributed by atoms with Gasteiger partial charge in [-0.1, -0.05) is 104 Å². The van der Waals surface area contributed by atoms with Gasteiger partial charge in [-0.15, -0.1) is 0 Å². The van der Waals surface area contributed by atoms with E-state index >= 15 is 0 Å². The van der Waals surface area contributed by atoms with Crippen LogP contribution >= 0.6 is 0 Å². The molecule has 152 valence electrons. The molecule has 0 spiro atoms. The van der Waals surface area contributed by atoms with Crippen molar-refractivity contribution in [1.29, 1.82) is 0 Å². The molecule has 0 aliphatic carbocycles. The van der Waals surface area contributed by atoms with E-state index < -0.39 is 0 Å². The van der Waals surface area contributed by atoms with Gasteiger partial charge >= 0.3 is 0 Å². The zero-order valence-corrected chi connectivity index (χ0v) is 17.8. The largest absolute Gasteiger partial charge is 0.347 e. The van der Waals surface area contributed by atoms with E-state index in [1.54, 1.807) is 0 Å². The Labute approximate surface area is 163 Å². The fourth-order valence-corrected chi connectivity index (χ4v) is 3.66. The molecule has 0 saturated carbocycles. The molecule has 2 atom stereocenters. The number of unbranched alkanes of at least 4 members (excludes halogenated alkanes) is 12. The maximum atomic E-state index is 11.6. The Morgan fingerprint density at radius 1 is 0.846 bits per heavy atom. The van der Waals surface area contributed by atoms with E-state index in [2.05, 4.69) is 30.9 Å². The van der Waals surface area contributed by atoms with Gasteiger partial charge in [0, 0.05) is 6.04 Å². The number of hydrogen-bond acceptors (Lipinski definition) is 1. The average Bonchev–Trinajstić information content (AvgIpc) is 2.63. The number of rotatable bonds is 18. The van der Waals surface area contributed by atoms with Crippen LogP contribution in [0.4, 0.5) is 0 Å². The standard InChI is InChI=1S/C23H44N2O/c1-5-7-8-9-10-11-12-13-14-15-16-17-18-19-21(3)22(6-2)25-23(26)20-24-4/h21-22H,5-20H2,1-3H3,(H,25,26). The van der Waals surface area contributed by atoms with Gasteiger partial charge in [-0.25, -0.2) is 6.57 Å². The fraction of sp³-hybridized carbons (Fsp3) is 0.913. The summed E-state index contributed by atoms with van der Waals surface area (Å²) >= 11 is 0. The minimum Gasteiger partial charge on any atom is -0.347 e. The van der Waals surface area contributed by atoms with Crippen molar-refractivity contribution in [2.45, 2.75) is 123 Å². The highest BCUT2D eigenvalue weighted by molar-refractivity contribution is 5.79. The van der Waals surface area contributed by atoms with Crippen molar-refractivity contribution in [2.75, 3.05) is 6.54 Å².